The van der Waals surface area contributed by atoms with E-state index in [1.807, 2.05) is 17.7 Å². The maximum atomic E-state index is 12.9. The molecular weight excluding hydrogens is 384 g/mol. The van der Waals surface area contributed by atoms with Crippen LogP contribution < -0.4 is 4.90 Å². The highest BCUT2D eigenvalue weighted by atomic mass is 35.5. The van der Waals surface area contributed by atoms with E-state index in [-0.39, 0.29) is 18.1 Å². The number of amides is 1. The Morgan fingerprint density at radius 3 is 2.93 bits per heavy atom. The van der Waals surface area contributed by atoms with Crippen LogP contribution in [-0.4, -0.2) is 38.4 Å². The summed E-state index contributed by atoms with van der Waals surface area (Å²) in [6, 6.07) is 7.87. The monoisotopic (exact) mass is 404 g/mol. The van der Waals surface area contributed by atoms with Crippen LogP contribution in [0.5, 0.6) is 0 Å². The molecule has 3 rings (SSSR count). The number of halogens is 1. The number of carbonyl (C=O) groups is 1. The summed E-state index contributed by atoms with van der Waals surface area (Å²) in [5.74, 6) is 0.123. The van der Waals surface area contributed by atoms with Crippen molar-refractivity contribution in [3.8, 4) is 6.07 Å². The molecule has 1 heterocycles. The average Bonchev–Trinajstić information content (AvgIpc) is 3.34. The van der Waals surface area contributed by atoms with Crippen molar-refractivity contribution < 1.29 is 4.79 Å². The summed E-state index contributed by atoms with van der Waals surface area (Å²) in [6.45, 7) is 2.23. The summed E-state index contributed by atoms with van der Waals surface area (Å²) in [5.41, 5.74) is 1.63. The number of benzene rings is 1. The molecule has 1 saturated carbocycles. The van der Waals surface area contributed by atoms with Crippen molar-refractivity contribution in [1.82, 2.24) is 20.2 Å². The van der Waals surface area contributed by atoms with Crippen molar-refractivity contribution in [2.24, 2.45) is 0 Å². The lowest BCUT2D eigenvalue weighted by molar-refractivity contribution is -0.116. The molecule has 1 aliphatic carbocycles. The van der Waals surface area contributed by atoms with Crippen molar-refractivity contribution in [3.05, 3.63) is 28.8 Å². The van der Waals surface area contributed by atoms with Crippen molar-refractivity contribution in [2.75, 3.05) is 17.2 Å². The Labute approximate surface area is 167 Å². The molecule has 0 unspecified atom stereocenters. The number of hydrogen-bond acceptors (Lipinski definition) is 6. The number of nitriles is 1. The molecule has 7 nitrogen and oxygen atoms in total. The van der Waals surface area contributed by atoms with Gasteiger partial charge in [0.05, 0.1) is 24.3 Å². The maximum absolute atomic E-state index is 12.9. The number of aromatic nitrogens is 4. The topological polar surface area (TPSA) is 87.7 Å². The van der Waals surface area contributed by atoms with E-state index in [1.165, 1.54) is 24.6 Å². The van der Waals surface area contributed by atoms with E-state index in [4.69, 9.17) is 16.9 Å². The molecule has 0 N–H and O–H groups in total. The zero-order valence-electron chi connectivity index (χ0n) is 15.1. The summed E-state index contributed by atoms with van der Waals surface area (Å²) in [7, 11) is 0. The minimum Gasteiger partial charge on any atom is -0.311 e. The zero-order valence-corrected chi connectivity index (χ0v) is 16.7. The number of nitrogens with zero attached hydrogens (tertiary/aromatic N) is 6. The summed E-state index contributed by atoms with van der Waals surface area (Å²) < 4.78 is 1.84. The molecule has 1 amide bonds. The minimum atomic E-state index is -0.0852. The van der Waals surface area contributed by atoms with Gasteiger partial charge in [0.25, 0.3) is 0 Å². The Bertz CT molecular complexity index is 843. The Morgan fingerprint density at radius 2 is 2.22 bits per heavy atom. The molecule has 0 saturated heterocycles. The van der Waals surface area contributed by atoms with Crippen LogP contribution in [0.1, 0.15) is 43.7 Å². The third-order valence-electron chi connectivity index (χ3n) is 4.66. The number of rotatable bonds is 7. The van der Waals surface area contributed by atoms with E-state index in [9.17, 15) is 4.79 Å². The quantitative estimate of drug-likeness (QED) is 0.652. The maximum Gasteiger partial charge on any atom is 0.237 e. The molecule has 0 atom stereocenters. The van der Waals surface area contributed by atoms with Crippen LogP contribution in [0.25, 0.3) is 0 Å². The van der Waals surface area contributed by atoms with Gasteiger partial charge in [-0.25, -0.2) is 4.68 Å². The molecule has 0 radical (unpaired) electrons. The molecule has 142 valence electrons. The molecule has 1 fully saturated rings. The van der Waals surface area contributed by atoms with E-state index in [1.54, 1.807) is 17.0 Å². The molecule has 1 aromatic heterocycles. The highest BCUT2D eigenvalue weighted by molar-refractivity contribution is 7.99. The zero-order chi connectivity index (χ0) is 19.2. The van der Waals surface area contributed by atoms with Gasteiger partial charge in [-0.1, -0.05) is 36.2 Å². The SMILES string of the molecule is Cc1cc(N(CCC#N)C(=O)CSc2nnnn2C2CCCC2)ccc1Cl. The van der Waals surface area contributed by atoms with Crippen molar-refractivity contribution >= 4 is 35.0 Å². The fourth-order valence-electron chi connectivity index (χ4n) is 3.22. The number of thioether (sulfide) groups is 1. The highest BCUT2D eigenvalue weighted by Crippen LogP contribution is 2.31. The third-order valence-corrected chi connectivity index (χ3v) is 6.00. The minimum absolute atomic E-state index is 0.0852. The lowest BCUT2D eigenvalue weighted by atomic mass is 10.2. The van der Waals surface area contributed by atoms with Crippen LogP contribution in [-0.2, 0) is 4.79 Å². The highest BCUT2D eigenvalue weighted by Gasteiger charge is 2.23. The van der Waals surface area contributed by atoms with Crippen LogP contribution in [0.3, 0.4) is 0 Å². The molecule has 2 aromatic rings. The Balaban J connectivity index is 1.70. The summed E-state index contributed by atoms with van der Waals surface area (Å²) in [6.07, 6.45) is 4.78. The molecule has 27 heavy (non-hydrogen) atoms. The fraction of sp³-hybridized carbons (Fsp3) is 0.500. The number of hydrogen-bond donors (Lipinski definition) is 0. The largest absolute Gasteiger partial charge is 0.311 e. The number of aryl methyl sites for hydroxylation is 1. The van der Waals surface area contributed by atoms with Gasteiger partial charge in [0.2, 0.25) is 11.1 Å². The van der Waals surface area contributed by atoms with Crippen molar-refractivity contribution in [2.45, 2.75) is 50.2 Å². The van der Waals surface area contributed by atoms with Gasteiger partial charge < -0.3 is 4.90 Å². The number of anilines is 1. The van der Waals surface area contributed by atoms with E-state index >= 15 is 0 Å². The van der Waals surface area contributed by atoms with Crippen LogP contribution in [0.4, 0.5) is 5.69 Å². The third kappa shape index (κ3) is 4.79. The Hall–Kier alpha value is -2.11. The van der Waals surface area contributed by atoms with E-state index in [0.717, 1.165) is 24.1 Å². The van der Waals surface area contributed by atoms with Crippen molar-refractivity contribution in [3.63, 3.8) is 0 Å². The molecule has 1 aromatic carbocycles. The fourth-order valence-corrected chi connectivity index (χ4v) is 4.16. The summed E-state index contributed by atoms with van der Waals surface area (Å²) in [4.78, 5) is 14.5. The Kier molecular flexibility index (Phi) is 6.69. The molecule has 0 spiro atoms. The van der Waals surface area contributed by atoms with Crippen LogP contribution >= 0.6 is 23.4 Å². The second kappa shape index (κ2) is 9.20. The van der Waals surface area contributed by atoms with Crippen molar-refractivity contribution in [1.29, 1.82) is 5.26 Å². The van der Waals surface area contributed by atoms with E-state index < -0.39 is 0 Å². The van der Waals surface area contributed by atoms with Crippen LogP contribution in [0.15, 0.2) is 23.4 Å². The van der Waals surface area contributed by atoms with E-state index in [2.05, 4.69) is 21.6 Å². The summed E-state index contributed by atoms with van der Waals surface area (Å²) >= 11 is 7.43. The summed E-state index contributed by atoms with van der Waals surface area (Å²) in [5, 5.41) is 22.2. The first-order valence-electron chi connectivity index (χ1n) is 8.94. The second-order valence-corrected chi connectivity index (χ2v) is 7.87. The number of tetrazole rings is 1. The first kappa shape index (κ1) is 19.6. The average molecular weight is 405 g/mol. The standard InChI is InChI=1S/C18H21ClN6OS/c1-13-11-15(7-8-16(13)19)24(10-4-9-20)17(26)12-27-18-21-22-23-25(18)14-5-2-3-6-14/h7-8,11,14H,2-6,10,12H2,1H3. The van der Waals surface area contributed by atoms with E-state index in [0.29, 0.717) is 22.8 Å². The van der Waals surface area contributed by atoms with Gasteiger partial charge in [0.15, 0.2) is 0 Å². The second-order valence-electron chi connectivity index (χ2n) is 6.52. The normalized spacial score (nSPS) is 14.3. The van der Waals surface area contributed by atoms with Crippen LogP contribution in [0, 0.1) is 18.3 Å². The molecule has 0 aliphatic heterocycles. The lowest BCUT2D eigenvalue weighted by Crippen LogP contribution is -2.33. The number of carbonyl (C=O) groups excluding carboxylic acids is 1. The van der Waals surface area contributed by atoms with Gasteiger partial charge in [0.1, 0.15) is 0 Å². The van der Waals surface area contributed by atoms with Gasteiger partial charge in [-0.05, 0) is 54.0 Å². The molecular formula is C18H21ClN6OS. The van der Waals surface area contributed by atoms with Gasteiger partial charge >= 0.3 is 0 Å². The smallest absolute Gasteiger partial charge is 0.237 e. The first-order chi connectivity index (χ1) is 13.1. The molecule has 1 aliphatic rings. The first-order valence-corrected chi connectivity index (χ1v) is 10.3. The van der Waals surface area contributed by atoms with Gasteiger partial charge in [-0.15, -0.1) is 5.10 Å². The molecule has 9 heteroatoms. The lowest BCUT2D eigenvalue weighted by Gasteiger charge is -2.22. The predicted molar refractivity (Wildman–Crippen MR) is 105 cm³/mol. The molecule has 0 bridgehead atoms. The van der Waals surface area contributed by atoms with Gasteiger partial charge in [-0.3, -0.25) is 4.79 Å². The Morgan fingerprint density at radius 1 is 1.44 bits per heavy atom. The van der Waals surface area contributed by atoms with Gasteiger partial charge in [-0.2, -0.15) is 5.26 Å². The van der Waals surface area contributed by atoms with Crippen LogP contribution in [0.2, 0.25) is 5.02 Å². The van der Waals surface area contributed by atoms with Gasteiger partial charge in [0, 0.05) is 17.3 Å². The predicted octanol–water partition coefficient (Wildman–Crippen LogP) is 3.79.